The molecule has 3 aromatic rings. The first-order chi connectivity index (χ1) is 10.5. The van der Waals surface area contributed by atoms with Gasteiger partial charge >= 0.3 is 0 Å². The Bertz CT molecular complexity index is 865. The van der Waals surface area contributed by atoms with E-state index in [1.807, 2.05) is 31.3 Å². The number of nitrogens with one attached hydrogen (secondary N) is 1. The van der Waals surface area contributed by atoms with E-state index in [1.165, 1.54) is 12.1 Å². The Morgan fingerprint density at radius 2 is 1.91 bits per heavy atom. The summed E-state index contributed by atoms with van der Waals surface area (Å²) in [5, 5.41) is 0.938. The fourth-order valence-electron chi connectivity index (χ4n) is 2.60. The average Bonchev–Trinajstić information content (AvgIpc) is 2.90. The maximum absolute atomic E-state index is 13.3. The predicted octanol–water partition coefficient (Wildman–Crippen LogP) is 3.98. The van der Waals surface area contributed by atoms with Crippen LogP contribution in [0, 0.1) is 12.7 Å². The van der Waals surface area contributed by atoms with E-state index in [9.17, 15) is 9.18 Å². The lowest BCUT2D eigenvalue weighted by atomic mass is 9.98. The first-order valence-corrected chi connectivity index (χ1v) is 7.06. The largest absolute Gasteiger partial charge is 0.360 e. The highest BCUT2D eigenvalue weighted by Gasteiger charge is 2.14. The van der Waals surface area contributed by atoms with Crippen LogP contribution in [0.15, 0.2) is 42.6 Å². The third-order valence-electron chi connectivity index (χ3n) is 3.83. The van der Waals surface area contributed by atoms with Gasteiger partial charge < -0.3 is 9.88 Å². The number of carbonyl (C=O) groups is 1. The molecule has 0 atom stereocenters. The van der Waals surface area contributed by atoms with Gasteiger partial charge in [0.1, 0.15) is 5.82 Å². The van der Waals surface area contributed by atoms with E-state index in [0.29, 0.717) is 5.56 Å². The van der Waals surface area contributed by atoms with Crippen molar-refractivity contribution in [2.24, 2.45) is 0 Å². The van der Waals surface area contributed by atoms with Crippen molar-refractivity contribution in [2.45, 2.75) is 6.92 Å². The molecule has 112 valence electrons. The van der Waals surface area contributed by atoms with E-state index in [-0.39, 0.29) is 11.7 Å². The maximum Gasteiger partial charge on any atom is 0.253 e. The molecule has 3 nitrogen and oxygen atoms in total. The Morgan fingerprint density at radius 3 is 2.64 bits per heavy atom. The molecule has 0 saturated carbocycles. The van der Waals surface area contributed by atoms with Gasteiger partial charge in [-0.2, -0.15) is 0 Å². The van der Waals surface area contributed by atoms with Gasteiger partial charge in [-0.25, -0.2) is 4.39 Å². The molecule has 22 heavy (non-hydrogen) atoms. The first-order valence-electron chi connectivity index (χ1n) is 7.06. The fourth-order valence-corrected chi connectivity index (χ4v) is 2.60. The predicted molar refractivity (Wildman–Crippen MR) is 86.4 cm³/mol. The van der Waals surface area contributed by atoms with Crippen molar-refractivity contribution in [1.82, 2.24) is 9.88 Å². The van der Waals surface area contributed by atoms with Crippen molar-refractivity contribution >= 4 is 16.8 Å². The molecule has 0 bridgehead atoms. The Morgan fingerprint density at radius 1 is 1.14 bits per heavy atom. The molecule has 1 amide bonds. The number of H-pyrrole nitrogens is 1. The Labute approximate surface area is 128 Å². The summed E-state index contributed by atoms with van der Waals surface area (Å²) >= 11 is 0. The number of amides is 1. The third-order valence-corrected chi connectivity index (χ3v) is 3.83. The number of fused-ring (bicyclic) bond motifs is 1. The molecule has 1 heterocycles. The minimum absolute atomic E-state index is 0.0229. The quantitative estimate of drug-likeness (QED) is 0.763. The summed E-state index contributed by atoms with van der Waals surface area (Å²) in [6.07, 6.45) is 1.85. The number of aromatic nitrogens is 1. The molecule has 0 unspecified atom stereocenters. The van der Waals surface area contributed by atoms with E-state index >= 15 is 0 Å². The molecule has 1 N–H and O–H groups in total. The van der Waals surface area contributed by atoms with Crippen LogP contribution in [-0.2, 0) is 0 Å². The number of rotatable bonds is 2. The zero-order chi connectivity index (χ0) is 15.9. The summed E-state index contributed by atoms with van der Waals surface area (Å²) < 4.78 is 13.3. The molecule has 4 heteroatoms. The van der Waals surface area contributed by atoms with Gasteiger partial charge in [0.15, 0.2) is 0 Å². The SMILES string of the molecule is Cc1ccc(-c2c[nH]c3cc(F)ccc23)cc1C(=O)N(C)C. The number of nitrogens with zero attached hydrogens (tertiary/aromatic N) is 1. The Hall–Kier alpha value is -2.62. The van der Waals surface area contributed by atoms with Crippen LogP contribution in [0.25, 0.3) is 22.0 Å². The first kappa shape index (κ1) is 14.3. The van der Waals surface area contributed by atoms with Crippen molar-refractivity contribution < 1.29 is 9.18 Å². The lowest BCUT2D eigenvalue weighted by Gasteiger charge is -2.13. The molecule has 0 saturated heterocycles. The molecular formula is C18H17FN2O. The van der Waals surface area contributed by atoms with E-state index in [4.69, 9.17) is 0 Å². The monoisotopic (exact) mass is 296 g/mol. The number of hydrogen-bond donors (Lipinski definition) is 1. The second kappa shape index (κ2) is 5.30. The summed E-state index contributed by atoms with van der Waals surface area (Å²) in [4.78, 5) is 16.9. The minimum atomic E-state index is -0.270. The number of halogens is 1. The maximum atomic E-state index is 13.3. The zero-order valence-corrected chi connectivity index (χ0v) is 12.8. The summed E-state index contributed by atoms with van der Waals surface area (Å²) in [5.74, 6) is -0.293. The van der Waals surface area contributed by atoms with Crippen LogP contribution in [0.5, 0.6) is 0 Å². The van der Waals surface area contributed by atoms with Gasteiger partial charge in [0.25, 0.3) is 5.91 Å². The highest BCUT2D eigenvalue weighted by Crippen LogP contribution is 2.30. The van der Waals surface area contributed by atoms with Crippen LogP contribution >= 0.6 is 0 Å². The van der Waals surface area contributed by atoms with E-state index in [1.54, 1.807) is 25.1 Å². The van der Waals surface area contributed by atoms with Crippen molar-refractivity contribution in [3.8, 4) is 11.1 Å². The number of aryl methyl sites for hydroxylation is 1. The topological polar surface area (TPSA) is 36.1 Å². The lowest BCUT2D eigenvalue weighted by molar-refractivity contribution is 0.0827. The molecule has 0 aliphatic carbocycles. The van der Waals surface area contributed by atoms with Gasteiger partial charge in [0.2, 0.25) is 0 Å². The molecular weight excluding hydrogens is 279 g/mol. The number of carbonyl (C=O) groups excluding carboxylic acids is 1. The second-order valence-electron chi connectivity index (χ2n) is 5.62. The zero-order valence-electron chi connectivity index (χ0n) is 12.8. The van der Waals surface area contributed by atoms with Crippen molar-refractivity contribution in [3.05, 3.63) is 59.5 Å². The average molecular weight is 296 g/mol. The molecule has 0 aliphatic rings. The smallest absolute Gasteiger partial charge is 0.253 e. The van der Waals surface area contributed by atoms with Gasteiger partial charge in [-0.3, -0.25) is 4.79 Å². The van der Waals surface area contributed by atoms with Crippen molar-refractivity contribution in [3.63, 3.8) is 0 Å². The third kappa shape index (κ3) is 2.37. The Kier molecular flexibility index (Phi) is 3.45. The van der Waals surface area contributed by atoms with Crippen molar-refractivity contribution in [2.75, 3.05) is 14.1 Å². The van der Waals surface area contributed by atoms with Crippen LogP contribution in [-0.4, -0.2) is 29.9 Å². The summed E-state index contributed by atoms with van der Waals surface area (Å²) in [5.41, 5.74) is 4.26. The minimum Gasteiger partial charge on any atom is -0.360 e. The molecule has 0 aliphatic heterocycles. The normalized spacial score (nSPS) is 10.9. The van der Waals surface area contributed by atoms with Crippen LogP contribution < -0.4 is 0 Å². The standard InChI is InChI=1S/C18H17FN2O/c1-11-4-5-12(8-15(11)18(22)21(2)3)16-10-20-17-9-13(19)6-7-14(16)17/h4-10,20H,1-3H3. The van der Waals surface area contributed by atoms with E-state index in [0.717, 1.165) is 27.6 Å². The van der Waals surface area contributed by atoms with Crippen LogP contribution in [0.2, 0.25) is 0 Å². The lowest BCUT2D eigenvalue weighted by Crippen LogP contribution is -2.22. The summed E-state index contributed by atoms with van der Waals surface area (Å²) in [6.45, 7) is 1.92. The van der Waals surface area contributed by atoms with Crippen LogP contribution in [0.4, 0.5) is 4.39 Å². The number of aromatic amines is 1. The number of hydrogen-bond acceptors (Lipinski definition) is 1. The molecule has 2 aromatic carbocycles. The van der Waals surface area contributed by atoms with Gasteiger partial charge in [0, 0.05) is 42.3 Å². The van der Waals surface area contributed by atoms with Crippen LogP contribution in [0.1, 0.15) is 15.9 Å². The van der Waals surface area contributed by atoms with Crippen molar-refractivity contribution in [1.29, 1.82) is 0 Å². The Balaban J connectivity index is 2.15. The highest BCUT2D eigenvalue weighted by molar-refractivity contribution is 6.00. The highest BCUT2D eigenvalue weighted by atomic mass is 19.1. The summed E-state index contributed by atoms with van der Waals surface area (Å²) in [7, 11) is 3.48. The van der Waals surface area contributed by atoms with Gasteiger partial charge in [-0.1, -0.05) is 12.1 Å². The second-order valence-corrected chi connectivity index (χ2v) is 5.62. The van der Waals surface area contributed by atoms with Crippen LogP contribution in [0.3, 0.4) is 0 Å². The fraction of sp³-hybridized carbons (Fsp3) is 0.167. The van der Waals surface area contributed by atoms with Gasteiger partial charge in [0.05, 0.1) is 0 Å². The molecule has 1 aromatic heterocycles. The molecule has 3 rings (SSSR count). The summed E-state index contributed by atoms with van der Waals surface area (Å²) in [6, 6.07) is 10.5. The molecule has 0 fully saturated rings. The molecule has 0 spiro atoms. The van der Waals surface area contributed by atoms with E-state index in [2.05, 4.69) is 4.98 Å². The van der Waals surface area contributed by atoms with E-state index < -0.39 is 0 Å². The van der Waals surface area contributed by atoms with Gasteiger partial charge in [-0.15, -0.1) is 0 Å². The number of benzene rings is 2. The van der Waals surface area contributed by atoms with Gasteiger partial charge in [-0.05, 0) is 42.3 Å². The molecule has 0 radical (unpaired) electrons.